The zero-order valence-electron chi connectivity index (χ0n) is 17.5. The Morgan fingerprint density at radius 3 is 2.73 bits per heavy atom. The van der Waals surface area contributed by atoms with Gasteiger partial charge in [0.2, 0.25) is 5.13 Å². The summed E-state index contributed by atoms with van der Waals surface area (Å²) in [5, 5.41) is 0.928. The van der Waals surface area contributed by atoms with Crippen LogP contribution in [-0.4, -0.2) is 53.0 Å². The molecule has 3 aromatic rings. The highest BCUT2D eigenvalue weighted by Gasteiger charge is 2.29. The van der Waals surface area contributed by atoms with E-state index in [0.717, 1.165) is 30.5 Å². The molecule has 1 aromatic heterocycles. The highest BCUT2D eigenvalue weighted by Crippen LogP contribution is 2.24. The van der Waals surface area contributed by atoms with Crippen LogP contribution in [0.3, 0.4) is 0 Å². The minimum absolute atomic E-state index is 0.0402. The van der Waals surface area contributed by atoms with Gasteiger partial charge in [-0.2, -0.15) is 4.37 Å². The first-order chi connectivity index (χ1) is 14.5. The molecule has 1 amide bonds. The van der Waals surface area contributed by atoms with Gasteiger partial charge in [0.05, 0.1) is 7.11 Å². The zero-order valence-corrected chi connectivity index (χ0v) is 18.4. The fraction of sp³-hybridized carbons (Fsp3) is 0.348. The van der Waals surface area contributed by atoms with Crippen molar-refractivity contribution in [2.45, 2.75) is 26.3 Å². The Morgan fingerprint density at radius 2 is 2.00 bits per heavy atom. The maximum absolute atomic E-state index is 13.0. The van der Waals surface area contributed by atoms with Crippen LogP contribution >= 0.6 is 11.5 Å². The fourth-order valence-electron chi connectivity index (χ4n) is 3.69. The standard InChI is InChI=1S/C23H26N4O2S/c1-16-7-9-18(10-8-16)13-21-24-23(30-25-21)26-11-12-27(17(2)15-26)22(28)19-5-4-6-20(14-19)29-3/h4-10,14,17H,11-13,15H2,1-3H3/t17-/m1/s1. The third kappa shape index (κ3) is 4.46. The molecule has 0 aliphatic carbocycles. The van der Waals surface area contributed by atoms with Crippen LogP contribution in [0.15, 0.2) is 48.5 Å². The van der Waals surface area contributed by atoms with Crippen LogP contribution < -0.4 is 9.64 Å². The average Bonchev–Trinajstić information content (AvgIpc) is 3.23. The Morgan fingerprint density at radius 1 is 1.20 bits per heavy atom. The zero-order chi connectivity index (χ0) is 21.1. The maximum Gasteiger partial charge on any atom is 0.254 e. The summed E-state index contributed by atoms with van der Waals surface area (Å²) in [4.78, 5) is 21.9. The molecule has 2 heterocycles. The molecule has 1 atom stereocenters. The van der Waals surface area contributed by atoms with E-state index in [9.17, 15) is 4.79 Å². The number of methoxy groups -OCH3 is 1. The van der Waals surface area contributed by atoms with Crippen LogP contribution in [-0.2, 0) is 6.42 Å². The lowest BCUT2D eigenvalue weighted by molar-refractivity contribution is 0.0673. The van der Waals surface area contributed by atoms with Gasteiger partial charge in [0, 0.05) is 49.2 Å². The number of benzene rings is 2. The van der Waals surface area contributed by atoms with Crippen molar-refractivity contribution < 1.29 is 9.53 Å². The number of rotatable bonds is 5. The van der Waals surface area contributed by atoms with Gasteiger partial charge in [-0.05, 0) is 37.6 Å². The number of aromatic nitrogens is 2. The second-order valence-corrected chi connectivity index (χ2v) is 8.41. The molecule has 6 nitrogen and oxygen atoms in total. The van der Waals surface area contributed by atoms with Crippen LogP contribution in [0.2, 0.25) is 0 Å². The first-order valence-electron chi connectivity index (χ1n) is 10.1. The Labute approximate surface area is 181 Å². The average molecular weight is 423 g/mol. The van der Waals surface area contributed by atoms with Crippen molar-refractivity contribution in [3.05, 3.63) is 71.0 Å². The molecule has 2 aromatic carbocycles. The van der Waals surface area contributed by atoms with Crippen molar-refractivity contribution in [2.75, 3.05) is 31.6 Å². The minimum Gasteiger partial charge on any atom is -0.497 e. The number of amides is 1. The van der Waals surface area contributed by atoms with Crippen LogP contribution in [0.1, 0.15) is 34.2 Å². The largest absolute Gasteiger partial charge is 0.497 e. The number of carbonyl (C=O) groups is 1. The summed E-state index contributed by atoms with van der Waals surface area (Å²) in [5.74, 6) is 1.59. The third-order valence-corrected chi connectivity index (χ3v) is 6.23. The molecule has 1 saturated heterocycles. The lowest BCUT2D eigenvalue weighted by Gasteiger charge is -2.39. The van der Waals surface area contributed by atoms with Gasteiger partial charge in [0.25, 0.3) is 5.91 Å². The van der Waals surface area contributed by atoms with Crippen LogP contribution in [0, 0.1) is 6.92 Å². The molecule has 0 N–H and O–H groups in total. The number of nitrogens with zero attached hydrogens (tertiary/aromatic N) is 4. The van der Waals surface area contributed by atoms with E-state index in [1.165, 1.54) is 22.7 Å². The third-order valence-electron chi connectivity index (χ3n) is 5.42. The second-order valence-electron chi connectivity index (χ2n) is 7.68. The number of carbonyl (C=O) groups excluding carboxylic acids is 1. The molecule has 156 valence electrons. The van der Waals surface area contributed by atoms with Crippen LogP contribution in [0.5, 0.6) is 5.75 Å². The number of aryl methyl sites for hydroxylation is 1. The molecule has 7 heteroatoms. The SMILES string of the molecule is COc1cccc(C(=O)N2CCN(c3nc(Cc4ccc(C)cc4)ns3)C[C@H]2C)c1. The molecule has 0 spiro atoms. The van der Waals surface area contributed by atoms with E-state index in [0.29, 0.717) is 17.9 Å². The Kier molecular flexibility index (Phi) is 5.99. The highest BCUT2D eigenvalue weighted by molar-refractivity contribution is 7.09. The van der Waals surface area contributed by atoms with E-state index in [4.69, 9.17) is 9.72 Å². The number of hydrogen-bond donors (Lipinski definition) is 0. The molecule has 0 unspecified atom stereocenters. The first-order valence-corrected chi connectivity index (χ1v) is 10.9. The molecular weight excluding hydrogens is 396 g/mol. The summed E-state index contributed by atoms with van der Waals surface area (Å²) in [6.07, 6.45) is 0.737. The molecule has 0 saturated carbocycles. The van der Waals surface area contributed by atoms with E-state index in [-0.39, 0.29) is 11.9 Å². The highest BCUT2D eigenvalue weighted by atomic mass is 32.1. The van der Waals surface area contributed by atoms with Gasteiger partial charge >= 0.3 is 0 Å². The van der Waals surface area contributed by atoms with Crippen molar-refractivity contribution in [1.29, 1.82) is 0 Å². The van der Waals surface area contributed by atoms with Crippen LogP contribution in [0.25, 0.3) is 0 Å². The summed E-state index contributed by atoms with van der Waals surface area (Å²) in [6.45, 7) is 6.32. The van der Waals surface area contributed by atoms with Gasteiger partial charge in [-0.1, -0.05) is 35.9 Å². The lowest BCUT2D eigenvalue weighted by Crippen LogP contribution is -2.54. The molecule has 1 aliphatic heterocycles. The van der Waals surface area contributed by atoms with Crippen molar-refractivity contribution in [2.24, 2.45) is 0 Å². The van der Waals surface area contributed by atoms with Crippen LogP contribution in [0.4, 0.5) is 5.13 Å². The smallest absolute Gasteiger partial charge is 0.254 e. The van der Waals surface area contributed by atoms with Crippen molar-refractivity contribution in [3.63, 3.8) is 0 Å². The van der Waals surface area contributed by atoms with Gasteiger partial charge in [0.15, 0.2) is 0 Å². The summed E-state index contributed by atoms with van der Waals surface area (Å²) in [5.41, 5.74) is 3.12. The fourth-order valence-corrected chi connectivity index (χ4v) is 4.41. The van der Waals surface area contributed by atoms with E-state index < -0.39 is 0 Å². The molecular formula is C23H26N4O2S. The van der Waals surface area contributed by atoms with Crippen molar-refractivity contribution >= 4 is 22.6 Å². The molecule has 0 radical (unpaired) electrons. The second kappa shape index (κ2) is 8.83. The van der Waals surface area contributed by atoms with E-state index >= 15 is 0 Å². The predicted octanol–water partition coefficient (Wildman–Crippen LogP) is 3.80. The Hall–Kier alpha value is -2.93. The van der Waals surface area contributed by atoms with Gasteiger partial charge in [0.1, 0.15) is 11.6 Å². The maximum atomic E-state index is 13.0. The summed E-state index contributed by atoms with van der Waals surface area (Å²) < 4.78 is 9.80. The first kappa shape index (κ1) is 20.3. The minimum atomic E-state index is 0.0402. The predicted molar refractivity (Wildman–Crippen MR) is 120 cm³/mol. The number of hydrogen-bond acceptors (Lipinski definition) is 6. The summed E-state index contributed by atoms with van der Waals surface area (Å²) >= 11 is 1.44. The van der Waals surface area contributed by atoms with Crippen molar-refractivity contribution in [1.82, 2.24) is 14.3 Å². The molecule has 30 heavy (non-hydrogen) atoms. The molecule has 1 aliphatic rings. The van der Waals surface area contributed by atoms with Gasteiger partial charge in [-0.3, -0.25) is 4.79 Å². The molecule has 1 fully saturated rings. The van der Waals surface area contributed by atoms with Gasteiger partial charge < -0.3 is 14.5 Å². The quantitative estimate of drug-likeness (QED) is 0.626. The number of piperazine rings is 1. The summed E-state index contributed by atoms with van der Waals surface area (Å²) in [7, 11) is 1.61. The normalized spacial score (nSPS) is 16.6. The van der Waals surface area contributed by atoms with Gasteiger partial charge in [-0.15, -0.1) is 0 Å². The topological polar surface area (TPSA) is 58.6 Å². The Bertz CT molecular complexity index is 1020. The lowest BCUT2D eigenvalue weighted by atomic mass is 10.1. The number of anilines is 1. The summed E-state index contributed by atoms with van der Waals surface area (Å²) in [6, 6.07) is 15.9. The Balaban J connectivity index is 1.40. The van der Waals surface area contributed by atoms with Gasteiger partial charge in [-0.25, -0.2) is 4.98 Å². The van der Waals surface area contributed by atoms with Crippen molar-refractivity contribution in [3.8, 4) is 5.75 Å². The van der Waals surface area contributed by atoms with E-state index in [2.05, 4.69) is 47.4 Å². The molecule has 0 bridgehead atoms. The van der Waals surface area contributed by atoms with E-state index in [1.807, 2.05) is 23.1 Å². The number of ether oxygens (including phenoxy) is 1. The monoisotopic (exact) mass is 422 g/mol. The molecule has 4 rings (SSSR count). The van der Waals surface area contributed by atoms with E-state index in [1.54, 1.807) is 13.2 Å².